The number of quaternary nitrogens is 1. The second-order valence-corrected chi connectivity index (χ2v) is 10.9. The van der Waals surface area contributed by atoms with Crippen LogP contribution in [-0.4, -0.2) is 63.9 Å². The highest BCUT2D eigenvalue weighted by atomic mass is 16.4. The number of hydrogen-bond acceptors (Lipinski definition) is 3. The molecule has 0 fully saturated rings. The Kier molecular flexibility index (Phi) is 19.1. The van der Waals surface area contributed by atoms with Gasteiger partial charge in [0.1, 0.15) is 0 Å². The molecule has 0 saturated carbocycles. The molecule has 7 nitrogen and oxygen atoms in total. The molecule has 36 heavy (non-hydrogen) atoms. The van der Waals surface area contributed by atoms with Crippen molar-refractivity contribution in [1.82, 2.24) is 0 Å². The first-order chi connectivity index (χ1) is 17.0. The summed E-state index contributed by atoms with van der Waals surface area (Å²) >= 11 is 0. The van der Waals surface area contributed by atoms with Crippen LogP contribution in [0.1, 0.15) is 111 Å². The predicted octanol–water partition coefficient (Wildman–Crippen LogP) is 6.61. The van der Waals surface area contributed by atoms with E-state index in [9.17, 15) is 29.7 Å². The van der Waals surface area contributed by atoms with E-state index < -0.39 is 35.7 Å². The first kappa shape index (κ1) is 34.1. The van der Waals surface area contributed by atoms with E-state index in [1.54, 1.807) is 20.8 Å². The average Bonchev–Trinajstić information content (AvgIpc) is 2.84. The quantitative estimate of drug-likeness (QED) is 0.0762. The number of aliphatic carboxylic acids is 3. The number of carboxylic acids is 3. The molecule has 3 N–H and O–H groups in total. The van der Waals surface area contributed by atoms with Gasteiger partial charge in [-0.3, -0.25) is 14.4 Å². The van der Waals surface area contributed by atoms with Gasteiger partial charge in [-0.2, -0.15) is 0 Å². The summed E-state index contributed by atoms with van der Waals surface area (Å²) in [7, 11) is 0. The third-order valence-corrected chi connectivity index (χ3v) is 7.61. The lowest BCUT2D eigenvalue weighted by Crippen LogP contribution is -2.52. The topological polar surface area (TPSA) is 112 Å². The Bertz CT molecular complexity index is 588. The lowest BCUT2D eigenvalue weighted by molar-refractivity contribution is -0.929. The molecule has 3 atom stereocenters. The zero-order valence-corrected chi connectivity index (χ0v) is 23.4. The number of rotatable bonds is 24. The van der Waals surface area contributed by atoms with Gasteiger partial charge in [-0.05, 0) is 32.6 Å². The Hall–Kier alpha value is -1.89. The third-order valence-electron chi connectivity index (χ3n) is 7.61. The predicted molar refractivity (Wildman–Crippen MR) is 145 cm³/mol. The number of carbonyl (C=O) groups is 3. The Labute approximate surface area is 219 Å². The summed E-state index contributed by atoms with van der Waals surface area (Å²) in [4.78, 5) is 34.3. The van der Waals surface area contributed by atoms with E-state index in [4.69, 9.17) is 0 Å². The minimum atomic E-state index is -0.826. The van der Waals surface area contributed by atoms with Crippen molar-refractivity contribution >= 4 is 17.9 Å². The molecule has 0 aliphatic carbocycles. The number of unbranched alkanes of at least 4 members (excludes halogenated alkanes) is 9. The normalized spacial score (nSPS) is 15.9. The summed E-state index contributed by atoms with van der Waals surface area (Å²) in [5.74, 6) is -3.91. The second-order valence-electron chi connectivity index (χ2n) is 10.9. The highest BCUT2D eigenvalue weighted by Crippen LogP contribution is 2.22. The van der Waals surface area contributed by atoms with Crippen molar-refractivity contribution in [2.75, 3.05) is 26.2 Å². The second kappa shape index (κ2) is 20.2. The highest BCUT2D eigenvalue weighted by Gasteiger charge is 2.31. The zero-order valence-electron chi connectivity index (χ0n) is 23.4. The van der Waals surface area contributed by atoms with Crippen LogP contribution in [-0.2, 0) is 14.4 Å². The zero-order chi connectivity index (χ0) is 27.4. The molecule has 0 aromatic heterocycles. The SMILES string of the molecule is C/C=C/CCCCCCCCCCC[N+](CCC(C)C(=O)O)(CCC(C)C(=O)O)CCC(C)C(=O)O. The molecule has 7 heteroatoms. The minimum Gasteiger partial charge on any atom is -0.481 e. The van der Waals surface area contributed by atoms with Crippen molar-refractivity contribution < 1.29 is 34.2 Å². The van der Waals surface area contributed by atoms with Crippen LogP contribution in [0, 0.1) is 17.8 Å². The van der Waals surface area contributed by atoms with Gasteiger partial charge in [-0.25, -0.2) is 0 Å². The maximum absolute atomic E-state index is 11.4. The van der Waals surface area contributed by atoms with Crippen molar-refractivity contribution in [3.05, 3.63) is 12.2 Å². The van der Waals surface area contributed by atoms with Crippen LogP contribution in [0.5, 0.6) is 0 Å². The lowest BCUT2D eigenvalue weighted by atomic mass is 10.0. The maximum Gasteiger partial charge on any atom is 0.306 e. The van der Waals surface area contributed by atoms with Crippen LogP contribution in [0.4, 0.5) is 0 Å². The fourth-order valence-electron chi connectivity index (χ4n) is 4.56. The summed E-state index contributed by atoms with van der Waals surface area (Å²) in [6, 6.07) is 0. The number of hydrogen-bond donors (Lipinski definition) is 3. The van der Waals surface area contributed by atoms with Gasteiger partial charge >= 0.3 is 17.9 Å². The van der Waals surface area contributed by atoms with Gasteiger partial charge in [0.2, 0.25) is 0 Å². The van der Waals surface area contributed by atoms with Crippen LogP contribution < -0.4 is 0 Å². The maximum atomic E-state index is 11.4. The van der Waals surface area contributed by atoms with Crippen LogP contribution in [0.15, 0.2) is 12.2 Å². The molecule has 0 aromatic rings. The van der Waals surface area contributed by atoms with Crippen molar-refractivity contribution in [1.29, 1.82) is 0 Å². The average molecular weight is 513 g/mol. The van der Waals surface area contributed by atoms with E-state index in [1.807, 2.05) is 0 Å². The lowest BCUT2D eigenvalue weighted by Gasteiger charge is -2.40. The molecule has 0 aliphatic heterocycles. The van der Waals surface area contributed by atoms with E-state index in [-0.39, 0.29) is 0 Å². The summed E-state index contributed by atoms with van der Waals surface area (Å²) < 4.78 is 0.610. The molecule has 0 aromatic carbocycles. The molecule has 0 heterocycles. The van der Waals surface area contributed by atoms with Crippen molar-refractivity contribution in [3.63, 3.8) is 0 Å². The van der Waals surface area contributed by atoms with Crippen LogP contribution in [0.3, 0.4) is 0 Å². The number of carboxylic acid groups (broad SMARTS) is 3. The van der Waals surface area contributed by atoms with Crippen LogP contribution >= 0.6 is 0 Å². The van der Waals surface area contributed by atoms with E-state index in [2.05, 4.69) is 19.1 Å². The summed E-state index contributed by atoms with van der Waals surface area (Å²) in [6.45, 7) is 9.94. The molecular formula is C29H54NO6+. The van der Waals surface area contributed by atoms with Gasteiger partial charge in [0.25, 0.3) is 0 Å². The van der Waals surface area contributed by atoms with Gasteiger partial charge in [-0.1, -0.05) is 71.4 Å². The molecule has 0 spiro atoms. The molecular weight excluding hydrogens is 458 g/mol. The largest absolute Gasteiger partial charge is 0.481 e. The summed E-state index contributed by atoms with van der Waals surface area (Å²) in [6.07, 6.45) is 17.9. The number of nitrogens with zero attached hydrogens (tertiary/aromatic N) is 1. The molecule has 0 bridgehead atoms. The van der Waals surface area contributed by atoms with Crippen molar-refractivity contribution in [3.8, 4) is 0 Å². The van der Waals surface area contributed by atoms with Gasteiger partial charge < -0.3 is 19.8 Å². The summed E-state index contributed by atoms with van der Waals surface area (Å²) in [5, 5.41) is 28.2. The van der Waals surface area contributed by atoms with Gasteiger partial charge in [0, 0.05) is 19.3 Å². The standard InChI is InChI=1S/C29H53NO6/c1-5-6-7-8-9-10-11-12-13-14-15-16-20-30(21-17-24(2)27(31)32,22-18-25(3)28(33)34)23-19-26(4)29(35)36/h5-6,24-26H,7-23H2,1-4H3,(H2-,31,32,33,34,35,36)/p+1/b6-5+. The molecule has 0 rings (SSSR count). The molecule has 0 radical (unpaired) electrons. The Morgan fingerprint density at radius 3 is 1.25 bits per heavy atom. The van der Waals surface area contributed by atoms with E-state index in [0.29, 0.717) is 43.4 Å². The van der Waals surface area contributed by atoms with E-state index in [1.165, 1.54) is 51.4 Å². The molecule has 3 unspecified atom stereocenters. The molecule has 210 valence electrons. The van der Waals surface area contributed by atoms with Gasteiger partial charge in [-0.15, -0.1) is 0 Å². The minimum absolute atomic E-state index is 0.478. The first-order valence-electron chi connectivity index (χ1n) is 14.2. The monoisotopic (exact) mass is 512 g/mol. The van der Waals surface area contributed by atoms with Crippen LogP contribution in [0.25, 0.3) is 0 Å². The van der Waals surface area contributed by atoms with E-state index in [0.717, 1.165) is 19.4 Å². The molecule has 0 aliphatic rings. The Morgan fingerprint density at radius 2 is 0.917 bits per heavy atom. The van der Waals surface area contributed by atoms with Gasteiger partial charge in [0.05, 0.1) is 43.9 Å². The number of allylic oxidation sites excluding steroid dienone is 2. The highest BCUT2D eigenvalue weighted by molar-refractivity contribution is 5.70. The fraction of sp³-hybridized carbons (Fsp3) is 0.828. The van der Waals surface area contributed by atoms with E-state index >= 15 is 0 Å². The van der Waals surface area contributed by atoms with Crippen LogP contribution in [0.2, 0.25) is 0 Å². The Balaban J connectivity index is 4.90. The van der Waals surface area contributed by atoms with Crippen molar-refractivity contribution in [2.24, 2.45) is 17.8 Å². The van der Waals surface area contributed by atoms with Gasteiger partial charge in [0.15, 0.2) is 0 Å². The van der Waals surface area contributed by atoms with Crippen molar-refractivity contribution in [2.45, 2.75) is 111 Å². The molecule has 0 saturated heterocycles. The smallest absolute Gasteiger partial charge is 0.306 e. The summed E-state index contributed by atoms with van der Waals surface area (Å²) in [5.41, 5.74) is 0. The fourth-order valence-corrected chi connectivity index (χ4v) is 4.56. The first-order valence-corrected chi connectivity index (χ1v) is 14.2. The third kappa shape index (κ3) is 16.7. The molecule has 0 amide bonds. The Morgan fingerprint density at radius 1 is 0.583 bits per heavy atom.